The van der Waals surface area contributed by atoms with E-state index in [9.17, 15) is 8.78 Å². The largest absolute Gasteiger partial charge is 0.267 e. The number of nitrogens with zero attached hydrogens (tertiary/aromatic N) is 2. The molecule has 0 aliphatic carbocycles. The lowest BCUT2D eigenvalue weighted by molar-refractivity contribution is 0.146. The van der Waals surface area contributed by atoms with E-state index < -0.39 is 6.43 Å². The first-order valence-electron chi connectivity index (χ1n) is 3.31. The number of hydrogen-bond donors (Lipinski definition) is 0. The molecule has 0 radical (unpaired) electrons. The number of thioether (sulfide) groups is 1. The molecule has 0 aromatic carbocycles. The Morgan fingerprint density at radius 1 is 1.50 bits per heavy atom. The first-order valence-corrected chi connectivity index (χ1v) is 4.53. The van der Waals surface area contributed by atoms with E-state index in [0.29, 0.717) is 10.9 Å². The van der Waals surface area contributed by atoms with E-state index in [1.165, 1.54) is 18.0 Å². The Morgan fingerprint density at radius 3 is 2.67 bits per heavy atom. The molecule has 0 amide bonds. The van der Waals surface area contributed by atoms with Gasteiger partial charge in [-0.3, -0.25) is 0 Å². The van der Waals surface area contributed by atoms with Crippen molar-refractivity contribution in [2.75, 3.05) is 6.26 Å². The van der Waals surface area contributed by atoms with Crippen LogP contribution in [0.15, 0.2) is 11.2 Å². The summed E-state index contributed by atoms with van der Waals surface area (Å²) in [5.41, 5.74) is -0.0897. The van der Waals surface area contributed by atoms with Gasteiger partial charge >= 0.3 is 0 Å². The highest BCUT2D eigenvalue weighted by Crippen LogP contribution is 2.26. The van der Waals surface area contributed by atoms with Crippen molar-refractivity contribution >= 4 is 11.8 Å². The summed E-state index contributed by atoms with van der Waals surface area (Å²) in [7, 11) is 0. The van der Waals surface area contributed by atoms with Gasteiger partial charge < -0.3 is 0 Å². The molecular formula is C7H8F2N2S. The minimum atomic E-state index is -2.49. The van der Waals surface area contributed by atoms with E-state index in [-0.39, 0.29) is 5.56 Å². The number of aromatic nitrogens is 2. The summed E-state index contributed by atoms with van der Waals surface area (Å²) in [4.78, 5) is 7.59. The van der Waals surface area contributed by atoms with Crippen molar-refractivity contribution in [2.24, 2.45) is 0 Å². The molecule has 0 unspecified atom stereocenters. The van der Waals surface area contributed by atoms with Crippen LogP contribution in [0.4, 0.5) is 8.78 Å². The molecule has 1 heterocycles. The van der Waals surface area contributed by atoms with Gasteiger partial charge in [0.25, 0.3) is 6.43 Å². The molecule has 0 spiro atoms. The monoisotopic (exact) mass is 190 g/mol. The van der Waals surface area contributed by atoms with E-state index in [1.54, 1.807) is 13.2 Å². The smallest absolute Gasteiger partial charge is 0.241 e. The van der Waals surface area contributed by atoms with Crippen LogP contribution >= 0.6 is 11.8 Å². The molecule has 12 heavy (non-hydrogen) atoms. The minimum absolute atomic E-state index is 0.0897. The molecule has 0 fully saturated rings. The predicted octanol–water partition coefficient (Wildman–Crippen LogP) is 2.44. The second-order valence-corrected chi connectivity index (χ2v) is 2.98. The zero-order valence-corrected chi connectivity index (χ0v) is 7.53. The highest BCUT2D eigenvalue weighted by molar-refractivity contribution is 7.98. The van der Waals surface area contributed by atoms with Gasteiger partial charge in [-0.05, 0) is 13.2 Å². The Labute approximate surface area is 73.4 Å². The molecule has 0 atom stereocenters. The summed E-state index contributed by atoms with van der Waals surface area (Å²) >= 11 is 1.21. The van der Waals surface area contributed by atoms with Crippen molar-refractivity contribution in [1.29, 1.82) is 0 Å². The molecule has 66 valence electrons. The number of halogens is 2. The average molecular weight is 190 g/mol. The van der Waals surface area contributed by atoms with Crippen LogP contribution in [0.1, 0.15) is 17.8 Å². The Morgan fingerprint density at radius 2 is 2.17 bits per heavy atom. The van der Waals surface area contributed by atoms with Gasteiger partial charge in [-0.25, -0.2) is 18.7 Å². The second-order valence-electron chi connectivity index (χ2n) is 2.18. The summed E-state index contributed by atoms with van der Waals surface area (Å²) in [6, 6.07) is 0. The van der Waals surface area contributed by atoms with Crippen molar-refractivity contribution < 1.29 is 8.78 Å². The fourth-order valence-electron chi connectivity index (χ4n) is 0.772. The highest BCUT2D eigenvalue weighted by atomic mass is 32.2. The Balaban J connectivity index is 3.11. The van der Waals surface area contributed by atoms with Gasteiger partial charge in [0.1, 0.15) is 10.9 Å². The van der Waals surface area contributed by atoms with Crippen LogP contribution in [0.25, 0.3) is 0 Å². The topological polar surface area (TPSA) is 25.8 Å². The van der Waals surface area contributed by atoms with Crippen molar-refractivity contribution in [2.45, 2.75) is 18.4 Å². The molecule has 1 aromatic heterocycles. The molecule has 0 aliphatic heterocycles. The summed E-state index contributed by atoms with van der Waals surface area (Å²) in [5.74, 6) is 0.517. The lowest BCUT2D eigenvalue weighted by Crippen LogP contribution is -1.96. The van der Waals surface area contributed by atoms with Gasteiger partial charge in [0.05, 0.1) is 5.56 Å². The number of alkyl halides is 2. The lowest BCUT2D eigenvalue weighted by atomic mass is 10.3. The Kier molecular flexibility index (Phi) is 2.97. The van der Waals surface area contributed by atoms with E-state index in [2.05, 4.69) is 9.97 Å². The molecule has 2 nitrogen and oxygen atoms in total. The normalized spacial score (nSPS) is 10.8. The highest BCUT2D eigenvalue weighted by Gasteiger charge is 2.13. The standard InChI is InChI=1S/C7H8F2N2S/c1-4-10-3-5(6(8)9)7(11-4)12-2/h3,6H,1-2H3. The lowest BCUT2D eigenvalue weighted by Gasteiger charge is -2.04. The van der Waals surface area contributed by atoms with Gasteiger partial charge in [-0.15, -0.1) is 11.8 Å². The predicted molar refractivity (Wildman–Crippen MR) is 43.5 cm³/mol. The van der Waals surface area contributed by atoms with Gasteiger partial charge in [-0.1, -0.05) is 0 Å². The van der Waals surface area contributed by atoms with Crippen LogP contribution in [0.2, 0.25) is 0 Å². The fraction of sp³-hybridized carbons (Fsp3) is 0.429. The number of hydrogen-bond acceptors (Lipinski definition) is 3. The molecule has 0 bridgehead atoms. The molecule has 0 saturated heterocycles. The minimum Gasteiger partial charge on any atom is -0.241 e. The zero-order chi connectivity index (χ0) is 9.14. The van der Waals surface area contributed by atoms with E-state index in [4.69, 9.17) is 0 Å². The van der Waals surface area contributed by atoms with Crippen LogP contribution < -0.4 is 0 Å². The molecule has 0 N–H and O–H groups in total. The molecule has 0 saturated carbocycles. The van der Waals surface area contributed by atoms with Gasteiger partial charge in [0, 0.05) is 6.20 Å². The van der Waals surface area contributed by atoms with Crippen molar-refractivity contribution in [3.05, 3.63) is 17.6 Å². The summed E-state index contributed by atoms with van der Waals surface area (Å²) in [6.45, 7) is 1.68. The zero-order valence-electron chi connectivity index (χ0n) is 6.71. The third-order valence-electron chi connectivity index (χ3n) is 1.33. The average Bonchev–Trinajstić information content (AvgIpc) is 2.03. The molecule has 5 heteroatoms. The second kappa shape index (κ2) is 3.80. The van der Waals surface area contributed by atoms with Crippen molar-refractivity contribution in [1.82, 2.24) is 9.97 Å². The van der Waals surface area contributed by atoms with Crippen molar-refractivity contribution in [3.8, 4) is 0 Å². The third-order valence-corrected chi connectivity index (χ3v) is 2.04. The van der Waals surface area contributed by atoms with Crippen LogP contribution in [-0.4, -0.2) is 16.2 Å². The maximum Gasteiger partial charge on any atom is 0.267 e. The van der Waals surface area contributed by atoms with Crippen molar-refractivity contribution in [3.63, 3.8) is 0 Å². The van der Waals surface area contributed by atoms with Gasteiger partial charge in [-0.2, -0.15) is 0 Å². The maximum absolute atomic E-state index is 12.3. The van der Waals surface area contributed by atoms with Crippen LogP contribution in [0, 0.1) is 6.92 Å². The maximum atomic E-state index is 12.3. The SMILES string of the molecule is CSc1nc(C)ncc1C(F)F. The molecular weight excluding hydrogens is 182 g/mol. The first-order chi connectivity index (χ1) is 5.65. The number of aryl methyl sites for hydroxylation is 1. The summed E-state index contributed by atoms with van der Waals surface area (Å²) in [5, 5.41) is 0.359. The summed E-state index contributed by atoms with van der Waals surface area (Å²) in [6.07, 6.45) is 0.403. The van der Waals surface area contributed by atoms with E-state index in [1.807, 2.05) is 0 Å². The molecule has 0 aliphatic rings. The summed E-state index contributed by atoms with van der Waals surface area (Å²) < 4.78 is 24.5. The Bertz CT molecular complexity index is 278. The molecule has 1 aromatic rings. The third kappa shape index (κ3) is 1.91. The quantitative estimate of drug-likeness (QED) is 0.529. The van der Waals surface area contributed by atoms with Crippen LogP contribution in [0.3, 0.4) is 0 Å². The molecule has 1 rings (SSSR count). The fourth-order valence-corrected chi connectivity index (χ4v) is 1.37. The van der Waals surface area contributed by atoms with E-state index >= 15 is 0 Å². The first kappa shape index (κ1) is 9.38. The Hall–Kier alpha value is -0.710. The number of rotatable bonds is 2. The van der Waals surface area contributed by atoms with Crippen LogP contribution in [0.5, 0.6) is 0 Å². The van der Waals surface area contributed by atoms with Gasteiger partial charge in [0.2, 0.25) is 0 Å². The van der Waals surface area contributed by atoms with Gasteiger partial charge in [0.15, 0.2) is 0 Å². The van der Waals surface area contributed by atoms with E-state index in [0.717, 1.165) is 0 Å². The van der Waals surface area contributed by atoms with Crippen LogP contribution in [-0.2, 0) is 0 Å².